The fourth-order valence-corrected chi connectivity index (χ4v) is 5.08. The van der Waals surface area contributed by atoms with Crippen LogP contribution in [0.2, 0.25) is 0 Å². The molecule has 1 N–H and O–H groups in total. The van der Waals surface area contributed by atoms with Crippen molar-refractivity contribution in [2.24, 2.45) is 0 Å². The van der Waals surface area contributed by atoms with Crippen LogP contribution in [0.25, 0.3) is 6.08 Å². The molecular weight excluding hydrogens is 406 g/mol. The summed E-state index contributed by atoms with van der Waals surface area (Å²) in [6, 6.07) is 8.21. The first-order chi connectivity index (χ1) is 14.9. The van der Waals surface area contributed by atoms with Gasteiger partial charge in [-0.2, -0.15) is 10.5 Å². The number of anilines is 1. The summed E-state index contributed by atoms with van der Waals surface area (Å²) in [5.74, 6) is 0.583. The highest BCUT2D eigenvalue weighted by Gasteiger charge is 2.23. The molecule has 0 aliphatic heterocycles. The van der Waals surface area contributed by atoms with Crippen LogP contribution in [-0.2, 0) is 17.6 Å². The second-order valence-corrected chi connectivity index (χ2v) is 9.09. The van der Waals surface area contributed by atoms with Gasteiger partial charge in [-0.3, -0.25) is 4.79 Å². The molecule has 5 nitrogen and oxygen atoms in total. The van der Waals surface area contributed by atoms with Crippen LogP contribution in [0.4, 0.5) is 5.00 Å². The monoisotopic (exact) mass is 433 g/mol. The van der Waals surface area contributed by atoms with Gasteiger partial charge in [-0.1, -0.05) is 13.8 Å². The third-order valence-electron chi connectivity index (χ3n) is 5.50. The molecule has 31 heavy (non-hydrogen) atoms. The van der Waals surface area contributed by atoms with Crippen LogP contribution in [0.5, 0.6) is 5.75 Å². The van der Waals surface area contributed by atoms with Crippen molar-refractivity contribution in [1.82, 2.24) is 0 Å². The molecule has 1 aromatic heterocycles. The summed E-state index contributed by atoms with van der Waals surface area (Å²) in [7, 11) is 0. The van der Waals surface area contributed by atoms with Crippen LogP contribution in [0.1, 0.15) is 72.2 Å². The van der Waals surface area contributed by atoms with Crippen LogP contribution in [0.15, 0.2) is 17.7 Å². The molecule has 2 aromatic rings. The number of benzene rings is 1. The van der Waals surface area contributed by atoms with E-state index in [-0.39, 0.29) is 11.5 Å². The molecule has 0 saturated heterocycles. The highest BCUT2D eigenvalue weighted by atomic mass is 32.1. The number of carbonyl (C=O) groups is 1. The van der Waals surface area contributed by atoms with Gasteiger partial charge in [0.1, 0.15) is 28.5 Å². The summed E-state index contributed by atoms with van der Waals surface area (Å²) in [5, 5.41) is 22.6. The molecule has 1 aromatic carbocycles. The standard InChI is InChI=1S/C25H27N3O2S/c1-5-30-22-10-16(4)17(12-20(22)15(2)3)11-18(13-26)24(29)28-25-21(14-27)19-8-6-7-9-23(19)31-25/h10-12,15H,5-9H2,1-4H3,(H,28,29)/b18-11+. The Bertz CT molecular complexity index is 1110. The third-order valence-corrected chi connectivity index (χ3v) is 6.70. The minimum atomic E-state index is -0.489. The van der Waals surface area contributed by atoms with Crippen molar-refractivity contribution in [3.8, 4) is 17.9 Å². The molecule has 0 spiro atoms. The Kier molecular flexibility index (Phi) is 7.15. The predicted octanol–water partition coefficient (Wildman–Crippen LogP) is 5.87. The molecule has 3 rings (SSSR count). The quantitative estimate of drug-likeness (QED) is 0.456. The van der Waals surface area contributed by atoms with Crippen LogP contribution >= 0.6 is 11.3 Å². The zero-order valence-corrected chi connectivity index (χ0v) is 19.3. The maximum absolute atomic E-state index is 12.9. The zero-order valence-electron chi connectivity index (χ0n) is 18.5. The Labute approximate surface area is 188 Å². The van der Waals surface area contributed by atoms with Crippen molar-refractivity contribution >= 4 is 28.3 Å². The number of fused-ring (bicyclic) bond motifs is 1. The summed E-state index contributed by atoms with van der Waals surface area (Å²) in [5.41, 5.74) is 4.39. The summed E-state index contributed by atoms with van der Waals surface area (Å²) < 4.78 is 5.76. The molecule has 1 aliphatic rings. The fraction of sp³-hybridized carbons (Fsp3) is 0.400. The Morgan fingerprint density at radius 2 is 2.03 bits per heavy atom. The Morgan fingerprint density at radius 1 is 1.29 bits per heavy atom. The molecule has 0 fully saturated rings. The lowest BCUT2D eigenvalue weighted by Crippen LogP contribution is -2.13. The number of hydrogen-bond acceptors (Lipinski definition) is 5. The van der Waals surface area contributed by atoms with Gasteiger partial charge in [0.2, 0.25) is 0 Å². The fourth-order valence-electron chi connectivity index (χ4n) is 3.85. The number of rotatable bonds is 6. The lowest BCUT2D eigenvalue weighted by Gasteiger charge is -2.16. The lowest BCUT2D eigenvalue weighted by molar-refractivity contribution is -0.112. The number of ether oxygens (including phenoxy) is 1. The summed E-state index contributed by atoms with van der Waals surface area (Å²) in [4.78, 5) is 14.1. The SMILES string of the molecule is CCOc1cc(C)c(/C=C(\C#N)C(=O)Nc2sc3c(c2C#N)CCCC3)cc1C(C)C. The number of aryl methyl sites for hydroxylation is 2. The van der Waals surface area contributed by atoms with E-state index in [1.165, 1.54) is 16.2 Å². The van der Waals surface area contributed by atoms with E-state index in [0.29, 0.717) is 17.2 Å². The third kappa shape index (κ3) is 4.81. The van der Waals surface area contributed by atoms with Crippen molar-refractivity contribution in [2.75, 3.05) is 11.9 Å². The second-order valence-electron chi connectivity index (χ2n) is 7.99. The minimum absolute atomic E-state index is 0.0113. The van der Waals surface area contributed by atoms with Crippen molar-refractivity contribution in [2.45, 2.75) is 59.3 Å². The van der Waals surface area contributed by atoms with Gasteiger partial charge in [-0.05, 0) is 85.9 Å². The lowest BCUT2D eigenvalue weighted by atomic mass is 9.95. The van der Waals surface area contributed by atoms with Gasteiger partial charge in [-0.25, -0.2) is 0 Å². The van der Waals surface area contributed by atoms with Crippen molar-refractivity contribution in [1.29, 1.82) is 10.5 Å². The van der Waals surface area contributed by atoms with E-state index in [4.69, 9.17) is 4.74 Å². The van der Waals surface area contributed by atoms with Crippen LogP contribution < -0.4 is 10.1 Å². The van der Waals surface area contributed by atoms with Gasteiger partial charge in [0.05, 0.1) is 12.2 Å². The first kappa shape index (κ1) is 22.6. The highest BCUT2D eigenvalue weighted by Crippen LogP contribution is 2.38. The van der Waals surface area contributed by atoms with E-state index in [1.807, 2.05) is 32.0 Å². The molecular formula is C25H27N3O2S. The molecule has 6 heteroatoms. The van der Waals surface area contributed by atoms with E-state index in [9.17, 15) is 15.3 Å². The molecule has 0 radical (unpaired) electrons. The minimum Gasteiger partial charge on any atom is -0.494 e. The molecule has 0 saturated carbocycles. The van der Waals surface area contributed by atoms with E-state index >= 15 is 0 Å². The Balaban J connectivity index is 1.93. The number of nitrogens with one attached hydrogen (secondary N) is 1. The van der Waals surface area contributed by atoms with E-state index < -0.39 is 5.91 Å². The number of carbonyl (C=O) groups excluding carboxylic acids is 1. The van der Waals surface area contributed by atoms with E-state index in [1.54, 1.807) is 6.08 Å². The first-order valence-electron chi connectivity index (χ1n) is 10.6. The number of amides is 1. The first-order valence-corrected chi connectivity index (χ1v) is 11.5. The number of thiophene rings is 1. The molecule has 1 aliphatic carbocycles. The van der Waals surface area contributed by atoms with Crippen molar-refractivity contribution < 1.29 is 9.53 Å². The van der Waals surface area contributed by atoms with Crippen molar-refractivity contribution in [3.63, 3.8) is 0 Å². The largest absolute Gasteiger partial charge is 0.494 e. The van der Waals surface area contributed by atoms with Crippen LogP contribution in [-0.4, -0.2) is 12.5 Å². The molecule has 0 unspecified atom stereocenters. The average molecular weight is 434 g/mol. The second kappa shape index (κ2) is 9.81. The molecule has 0 atom stereocenters. The van der Waals surface area contributed by atoms with E-state index in [2.05, 4.69) is 25.2 Å². The van der Waals surface area contributed by atoms with Gasteiger partial charge in [-0.15, -0.1) is 11.3 Å². The van der Waals surface area contributed by atoms with Gasteiger partial charge < -0.3 is 10.1 Å². The molecule has 1 heterocycles. The zero-order chi connectivity index (χ0) is 22.5. The summed E-state index contributed by atoms with van der Waals surface area (Å²) in [6.07, 6.45) is 5.59. The van der Waals surface area contributed by atoms with E-state index in [0.717, 1.165) is 53.7 Å². The van der Waals surface area contributed by atoms with Crippen molar-refractivity contribution in [3.05, 3.63) is 50.4 Å². The van der Waals surface area contributed by atoms with Gasteiger partial charge in [0, 0.05) is 4.88 Å². The maximum atomic E-state index is 12.9. The molecule has 160 valence electrons. The topological polar surface area (TPSA) is 85.9 Å². The van der Waals surface area contributed by atoms with Gasteiger partial charge in [0.25, 0.3) is 5.91 Å². The number of nitrogens with zero attached hydrogens (tertiary/aromatic N) is 2. The van der Waals surface area contributed by atoms with Crippen LogP contribution in [0.3, 0.4) is 0 Å². The highest BCUT2D eigenvalue weighted by molar-refractivity contribution is 7.16. The van der Waals surface area contributed by atoms with Gasteiger partial charge in [0.15, 0.2) is 0 Å². The Morgan fingerprint density at radius 3 is 2.68 bits per heavy atom. The predicted molar refractivity (Wildman–Crippen MR) is 124 cm³/mol. The smallest absolute Gasteiger partial charge is 0.266 e. The average Bonchev–Trinajstić information content (AvgIpc) is 3.09. The summed E-state index contributed by atoms with van der Waals surface area (Å²) >= 11 is 1.46. The maximum Gasteiger partial charge on any atom is 0.266 e. The van der Waals surface area contributed by atoms with Crippen LogP contribution in [0, 0.1) is 29.6 Å². The molecule has 1 amide bonds. The molecule has 0 bridgehead atoms. The normalized spacial score (nSPS) is 13.3. The summed E-state index contributed by atoms with van der Waals surface area (Å²) in [6.45, 7) is 8.63. The number of hydrogen-bond donors (Lipinski definition) is 1. The number of nitriles is 2. The Hall–Kier alpha value is -3.09. The van der Waals surface area contributed by atoms with Gasteiger partial charge >= 0.3 is 0 Å².